The number of carbonyl (C=O) groups excluding carboxylic acids is 1. The summed E-state index contributed by atoms with van der Waals surface area (Å²) in [6.07, 6.45) is 2.00. The molecular weight excluding hydrogens is 234 g/mol. The number of rotatable bonds is 5. The molecule has 2 heterocycles. The summed E-state index contributed by atoms with van der Waals surface area (Å²) in [6.45, 7) is 4.40. The van der Waals surface area contributed by atoms with E-state index in [1.165, 1.54) is 0 Å². The topological polar surface area (TPSA) is 97.3 Å². The zero-order chi connectivity index (χ0) is 13.0. The van der Waals surface area contributed by atoms with Crippen molar-refractivity contribution in [1.29, 1.82) is 0 Å². The van der Waals surface area contributed by atoms with Gasteiger partial charge in [-0.25, -0.2) is 0 Å². The minimum atomic E-state index is -0.329. The highest BCUT2D eigenvalue weighted by Gasteiger charge is 2.24. The van der Waals surface area contributed by atoms with Gasteiger partial charge in [0.05, 0.1) is 13.1 Å². The third-order valence-electron chi connectivity index (χ3n) is 3.09. The molecule has 0 saturated carbocycles. The maximum atomic E-state index is 11.1. The average molecular weight is 253 g/mol. The molecule has 7 heteroatoms. The molecule has 0 spiro atoms. The number of piperidine rings is 1. The second kappa shape index (κ2) is 5.92. The Labute approximate surface area is 106 Å². The smallest absolute Gasteiger partial charge is 0.240 e. The molecule has 7 nitrogen and oxygen atoms in total. The molecule has 3 N–H and O–H groups in total. The third-order valence-corrected chi connectivity index (χ3v) is 3.09. The highest BCUT2D eigenvalue weighted by Crippen LogP contribution is 2.14. The second-order valence-corrected chi connectivity index (χ2v) is 4.59. The predicted octanol–water partition coefficient (Wildman–Crippen LogP) is -0.583. The van der Waals surface area contributed by atoms with Gasteiger partial charge in [0, 0.05) is 6.04 Å². The Hall–Kier alpha value is -1.47. The Morgan fingerprint density at radius 1 is 1.56 bits per heavy atom. The molecule has 1 saturated heterocycles. The van der Waals surface area contributed by atoms with Crippen molar-refractivity contribution >= 4 is 5.91 Å². The van der Waals surface area contributed by atoms with Gasteiger partial charge < -0.3 is 15.6 Å². The van der Waals surface area contributed by atoms with E-state index in [1.54, 1.807) is 6.92 Å². The molecule has 1 amide bonds. The number of carbonyl (C=O) groups is 1. The van der Waals surface area contributed by atoms with Crippen LogP contribution in [0, 0.1) is 6.92 Å². The normalized spacial score (nSPS) is 17.2. The molecule has 1 aromatic rings. The molecule has 0 aromatic carbocycles. The average Bonchev–Trinajstić information content (AvgIpc) is 2.75. The van der Waals surface area contributed by atoms with Crippen molar-refractivity contribution < 1.29 is 9.32 Å². The Balaban J connectivity index is 2.01. The fourth-order valence-corrected chi connectivity index (χ4v) is 2.26. The van der Waals surface area contributed by atoms with Crippen LogP contribution in [0.3, 0.4) is 0 Å². The Bertz CT molecular complexity index is 400. The van der Waals surface area contributed by atoms with E-state index in [1.807, 2.05) is 4.90 Å². The van der Waals surface area contributed by atoms with Gasteiger partial charge in [-0.1, -0.05) is 5.16 Å². The maximum Gasteiger partial charge on any atom is 0.240 e. The first-order valence-electron chi connectivity index (χ1n) is 6.17. The van der Waals surface area contributed by atoms with Crippen LogP contribution >= 0.6 is 0 Å². The molecule has 0 atom stereocenters. The zero-order valence-electron chi connectivity index (χ0n) is 10.6. The number of aromatic nitrogens is 2. The lowest BCUT2D eigenvalue weighted by molar-refractivity contribution is -0.120. The summed E-state index contributed by atoms with van der Waals surface area (Å²) < 4.78 is 5.10. The first-order valence-corrected chi connectivity index (χ1v) is 6.17. The Morgan fingerprint density at radius 3 is 2.83 bits per heavy atom. The molecular formula is C11H19N5O2. The molecule has 0 radical (unpaired) electrons. The van der Waals surface area contributed by atoms with E-state index in [0.717, 1.165) is 25.9 Å². The summed E-state index contributed by atoms with van der Waals surface area (Å²) in [5.41, 5.74) is 5.30. The van der Waals surface area contributed by atoms with Crippen molar-refractivity contribution in [3.8, 4) is 0 Å². The zero-order valence-corrected chi connectivity index (χ0v) is 10.6. The van der Waals surface area contributed by atoms with E-state index < -0.39 is 0 Å². The first kappa shape index (κ1) is 13.0. The lowest BCUT2D eigenvalue weighted by Crippen LogP contribution is -2.46. The standard InChI is InChI=1S/C11H19N5O2/c1-8-14-11(18-15-8)7-16(6-10(12)17)9-2-4-13-5-3-9/h9,13H,2-7H2,1H3,(H2,12,17). The van der Waals surface area contributed by atoms with Gasteiger partial charge in [0.15, 0.2) is 5.82 Å². The van der Waals surface area contributed by atoms with E-state index >= 15 is 0 Å². The number of nitrogens with two attached hydrogens (primary N) is 1. The van der Waals surface area contributed by atoms with Crippen LogP contribution < -0.4 is 11.1 Å². The largest absolute Gasteiger partial charge is 0.369 e. The van der Waals surface area contributed by atoms with Crippen molar-refractivity contribution in [3.63, 3.8) is 0 Å². The monoisotopic (exact) mass is 253 g/mol. The Morgan fingerprint density at radius 2 is 2.28 bits per heavy atom. The highest BCUT2D eigenvalue weighted by atomic mass is 16.5. The van der Waals surface area contributed by atoms with Crippen LogP contribution in [-0.2, 0) is 11.3 Å². The number of hydrogen-bond acceptors (Lipinski definition) is 6. The molecule has 0 unspecified atom stereocenters. The van der Waals surface area contributed by atoms with Crippen molar-refractivity contribution in [3.05, 3.63) is 11.7 Å². The van der Waals surface area contributed by atoms with Gasteiger partial charge in [0.25, 0.3) is 0 Å². The van der Waals surface area contributed by atoms with Gasteiger partial charge in [-0.2, -0.15) is 4.98 Å². The van der Waals surface area contributed by atoms with Gasteiger partial charge in [-0.15, -0.1) is 0 Å². The minimum absolute atomic E-state index is 0.228. The fourth-order valence-electron chi connectivity index (χ4n) is 2.26. The van der Waals surface area contributed by atoms with Crippen molar-refractivity contribution in [2.45, 2.75) is 32.4 Å². The van der Waals surface area contributed by atoms with Crippen molar-refractivity contribution in [2.24, 2.45) is 5.73 Å². The van der Waals surface area contributed by atoms with E-state index in [2.05, 4.69) is 15.5 Å². The molecule has 2 rings (SSSR count). The minimum Gasteiger partial charge on any atom is -0.369 e. The molecule has 100 valence electrons. The first-order chi connectivity index (χ1) is 8.65. The number of nitrogens with zero attached hydrogens (tertiary/aromatic N) is 3. The van der Waals surface area contributed by atoms with E-state index in [9.17, 15) is 4.79 Å². The molecule has 0 bridgehead atoms. The highest BCUT2D eigenvalue weighted by molar-refractivity contribution is 5.75. The summed E-state index contributed by atoms with van der Waals surface area (Å²) in [4.78, 5) is 17.3. The number of aryl methyl sites for hydroxylation is 1. The Kier molecular flexibility index (Phi) is 4.27. The molecule has 1 fully saturated rings. The molecule has 1 aliphatic rings. The van der Waals surface area contributed by atoms with Gasteiger partial charge >= 0.3 is 0 Å². The number of primary amides is 1. The number of amides is 1. The van der Waals surface area contributed by atoms with Gasteiger partial charge in [-0.05, 0) is 32.9 Å². The van der Waals surface area contributed by atoms with Crippen LogP contribution in [0.1, 0.15) is 24.6 Å². The molecule has 1 aromatic heterocycles. The summed E-state index contributed by atoms with van der Waals surface area (Å²) in [7, 11) is 0. The quantitative estimate of drug-likeness (QED) is 0.728. The summed E-state index contributed by atoms with van der Waals surface area (Å²) in [5, 5.41) is 7.05. The fraction of sp³-hybridized carbons (Fsp3) is 0.727. The molecule has 0 aliphatic carbocycles. The van der Waals surface area contributed by atoms with Crippen LogP contribution in [0.4, 0.5) is 0 Å². The van der Waals surface area contributed by atoms with Crippen LogP contribution in [0.15, 0.2) is 4.52 Å². The van der Waals surface area contributed by atoms with E-state index in [0.29, 0.717) is 24.3 Å². The van der Waals surface area contributed by atoms with Crippen LogP contribution in [0.25, 0.3) is 0 Å². The maximum absolute atomic E-state index is 11.1. The van der Waals surface area contributed by atoms with Gasteiger partial charge in [-0.3, -0.25) is 9.69 Å². The SMILES string of the molecule is Cc1noc(CN(CC(N)=O)C2CCNCC2)n1. The third kappa shape index (κ3) is 3.51. The van der Waals surface area contributed by atoms with Gasteiger partial charge in [0.1, 0.15) is 0 Å². The second-order valence-electron chi connectivity index (χ2n) is 4.59. The van der Waals surface area contributed by atoms with Crippen molar-refractivity contribution in [1.82, 2.24) is 20.4 Å². The number of nitrogens with one attached hydrogen (secondary N) is 1. The van der Waals surface area contributed by atoms with Crippen LogP contribution in [0.2, 0.25) is 0 Å². The van der Waals surface area contributed by atoms with E-state index in [4.69, 9.17) is 10.3 Å². The molecule has 1 aliphatic heterocycles. The van der Waals surface area contributed by atoms with Crippen molar-refractivity contribution in [2.75, 3.05) is 19.6 Å². The molecule has 18 heavy (non-hydrogen) atoms. The lowest BCUT2D eigenvalue weighted by atomic mass is 10.0. The lowest BCUT2D eigenvalue weighted by Gasteiger charge is -2.32. The van der Waals surface area contributed by atoms with E-state index in [-0.39, 0.29) is 12.5 Å². The summed E-state index contributed by atoms with van der Waals surface area (Å²) >= 11 is 0. The van der Waals surface area contributed by atoms with Crippen LogP contribution in [0.5, 0.6) is 0 Å². The summed E-state index contributed by atoms with van der Waals surface area (Å²) in [6, 6.07) is 0.339. The summed E-state index contributed by atoms with van der Waals surface area (Å²) in [5.74, 6) is 0.811. The predicted molar refractivity (Wildman–Crippen MR) is 64.5 cm³/mol. The number of hydrogen-bond donors (Lipinski definition) is 2. The van der Waals surface area contributed by atoms with Gasteiger partial charge in [0.2, 0.25) is 11.8 Å². The van der Waals surface area contributed by atoms with Crippen LogP contribution in [-0.4, -0.2) is 46.6 Å².